The van der Waals surface area contributed by atoms with E-state index < -0.39 is 0 Å². The van der Waals surface area contributed by atoms with Gasteiger partial charge in [-0.3, -0.25) is 0 Å². The van der Waals surface area contributed by atoms with Gasteiger partial charge in [-0.05, 0) is 43.4 Å². The van der Waals surface area contributed by atoms with Crippen molar-refractivity contribution in [2.45, 2.75) is 72.0 Å². The first kappa shape index (κ1) is 18.2. The van der Waals surface area contributed by atoms with Crippen LogP contribution in [0.3, 0.4) is 0 Å². The fraction of sp³-hybridized carbons (Fsp3) is 1.00. The summed E-state index contributed by atoms with van der Waals surface area (Å²) in [6.07, 6.45) is 6.50. The smallest absolute Gasteiger partial charge is 0.126 e. The highest BCUT2D eigenvalue weighted by Crippen LogP contribution is 2.35. The maximum Gasteiger partial charge on any atom is 0.126 e. The number of likely N-dealkylation sites (tertiary alicyclic amines) is 1. The summed E-state index contributed by atoms with van der Waals surface area (Å²) < 4.78 is 6.19. The van der Waals surface area contributed by atoms with Gasteiger partial charge < -0.3 is 14.7 Å². The third-order valence-corrected chi connectivity index (χ3v) is 5.85. The summed E-state index contributed by atoms with van der Waals surface area (Å²) in [7, 11) is 0. The number of rotatable bonds is 6. The number of aliphatic hydroxyl groups is 1. The number of hydrogen-bond donors (Lipinski definition) is 2. The molecule has 0 amide bonds. The van der Waals surface area contributed by atoms with Gasteiger partial charge in [0.15, 0.2) is 0 Å². The van der Waals surface area contributed by atoms with Gasteiger partial charge in [-0.2, -0.15) is 0 Å². The second-order valence-electron chi connectivity index (χ2n) is 8.51. The molecule has 22 heavy (non-hydrogen) atoms. The minimum Gasteiger partial charge on any atom is -0.385 e. The molecular weight excluding hydrogens is 274 g/mol. The topological polar surface area (TPSA) is 33.9 Å². The molecule has 130 valence electrons. The van der Waals surface area contributed by atoms with E-state index >= 15 is 0 Å². The number of nitrogens with one attached hydrogen (secondary N) is 1. The van der Waals surface area contributed by atoms with Crippen molar-refractivity contribution in [1.82, 2.24) is 0 Å². The molecule has 6 atom stereocenters. The molecule has 0 radical (unpaired) electrons. The zero-order chi connectivity index (χ0) is 16.1. The summed E-state index contributed by atoms with van der Waals surface area (Å²) in [4.78, 5) is 1.56. The Morgan fingerprint density at radius 2 is 1.91 bits per heavy atom. The van der Waals surface area contributed by atoms with E-state index in [4.69, 9.17) is 4.74 Å². The largest absolute Gasteiger partial charge is 0.385 e. The van der Waals surface area contributed by atoms with Crippen LogP contribution in [0.2, 0.25) is 0 Å². The average Bonchev–Trinajstić information content (AvgIpc) is 2.45. The minimum atomic E-state index is -0.301. The highest BCUT2D eigenvalue weighted by molar-refractivity contribution is 4.81. The lowest BCUT2D eigenvalue weighted by atomic mass is 9.75. The lowest BCUT2D eigenvalue weighted by molar-refractivity contribution is -0.911. The Bertz CT molecular complexity index is 321. The summed E-state index contributed by atoms with van der Waals surface area (Å²) in [5.41, 5.74) is 0. The Morgan fingerprint density at radius 1 is 1.14 bits per heavy atom. The molecule has 1 saturated carbocycles. The standard InChI is InChI=1S/C19H37NO2/c1-14(2)18-8-7-15(3)10-19(18)22-13-17(21)12-20-9-5-6-16(4)11-20/h14-19,21H,5-13H2,1-4H3/p+1/t15-,16+,17-,18+,19-/m1/s1. The van der Waals surface area contributed by atoms with Crippen LogP contribution in [0.25, 0.3) is 0 Å². The minimum absolute atomic E-state index is 0.301. The van der Waals surface area contributed by atoms with E-state index in [-0.39, 0.29) is 6.10 Å². The molecule has 0 bridgehead atoms. The van der Waals surface area contributed by atoms with E-state index in [1.54, 1.807) is 4.90 Å². The maximum absolute atomic E-state index is 10.4. The highest BCUT2D eigenvalue weighted by atomic mass is 16.5. The van der Waals surface area contributed by atoms with Crippen LogP contribution in [-0.4, -0.2) is 43.6 Å². The molecule has 3 nitrogen and oxygen atoms in total. The van der Waals surface area contributed by atoms with Crippen LogP contribution >= 0.6 is 0 Å². The molecule has 1 aliphatic heterocycles. The van der Waals surface area contributed by atoms with E-state index in [9.17, 15) is 5.11 Å². The molecule has 1 unspecified atom stereocenters. The zero-order valence-electron chi connectivity index (χ0n) is 15.2. The maximum atomic E-state index is 10.4. The van der Waals surface area contributed by atoms with Crippen molar-refractivity contribution in [1.29, 1.82) is 0 Å². The number of ether oxygens (including phenoxy) is 1. The Kier molecular flexibility index (Phi) is 7.17. The van der Waals surface area contributed by atoms with Crippen LogP contribution in [0, 0.1) is 23.7 Å². The zero-order valence-corrected chi connectivity index (χ0v) is 15.2. The monoisotopic (exact) mass is 312 g/mol. The number of quaternary nitrogens is 1. The molecule has 2 aliphatic rings. The van der Waals surface area contributed by atoms with E-state index in [0.29, 0.717) is 24.5 Å². The summed E-state index contributed by atoms with van der Waals surface area (Å²) in [6.45, 7) is 13.1. The lowest BCUT2D eigenvalue weighted by Crippen LogP contribution is -3.14. The molecule has 2 rings (SSSR count). The molecule has 3 heteroatoms. The summed E-state index contributed by atoms with van der Waals surface area (Å²) in [5, 5.41) is 10.4. The Hall–Kier alpha value is -0.120. The average molecular weight is 313 g/mol. The fourth-order valence-corrected chi connectivity index (χ4v) is 4.52. The quantitative estimate of drug-likeness (QED) is 0.788. The molecule has 0 spiro atoms. The second-order valence-corrected chi connectivity index (χ2v) is 8.51. The van der Waals surface area contributed by atoms with Gasteiger partial charge >= 0.3 is 0 Å². The molecule has 1 heterocycles. The highest BCUT2D eigenvalue weighted by Gasteiger charge is 2.32. The van der Waals surface area contributed by atoms with Gasteiger partial charge in [0.05, 0.1) is 25.8 Å². The van der Waals surface area contributed by atoms with Crippen molar-refractivity contribution >= 4 is 0 Å². The van der Waals surface area contributed by atoms with Gasteiger partial charge in [-0.15, -0.1) is 0 Å². The van der Waals surface area contributed by atoms with Gasteiger partial charge in [0.1, 0.15) is 12.6 Å². The second kappa shape index (κ2) is 8.65. The van der Waals surface area contributed by atoms with Gasteiger partial charge in [0.25, 0.3) is 0 Å². The predicted molar refractivity (Wildman–Crippen MR) is 91.1 cm³/mol. The number of hydrogen-bond acceptors (Lipinski definition) is 2. The molecule has 2 N–H and O–H groups in total. The van der Waals surface area contributed by atoms with Gasteiger partial charge in [0, 0.05) is 5.92 Å². The normalized spacial score (nSPS) is 38.2. The van der Waals surface area contributed by atoms with E-state index in [1.165, 1.54) is 45.2 Å². The Balaban J connectivity index is 1.75. The number of piperidine rings is 1. The molecule has 2 fully saturated rings. The Morgan fingerprint density at radius 3 is 2.59 bits per heavy atom. The molecular formula is C19H38NO2+. The van der Waals surface area contributed by atoms with Crippen molar-refractivity contribution in [2.24, 2.45) is 23.7 Å². The van der Waals surface area contributed by atoms with Crippen LogP contribution in [0.4, 0.5) is 0 Å². The SMILES string of the molecule is CC(C)[C@@H]1CC[C@@H](C)C[C@H]1OC[C@H](O)C[NH+]1CCC[C@H](C)C1. The van der Waals surface area contributed by atoms with Gasteiger partial charge in [-0.1, -0.05) is 34.1 Å². The third-order valence-electron chi connectivity index (χ3n) is 5.85. The molecule has 0 aromatic heterocycles. The third kappa shape index (κ3) is 5.50. The molecule has 1 aliphatic carbocycles. The van der Waals surface area contributed by atoms with Crippen molar-refractivity contribution in [3.05, 3.63) is 0 Å². The first-order valence-electron chi connectivity index (χ1n) is 9.59. The summed E-state index contributed by atoms with van der Waals surface area (Å²) >= 11 is 0. The van der Waals surface area contributed by atoms with Gasteiger partial charge in [-0.25, -0.2) is 0 Å². The van der Waals surface area contributed by atoms with Crippen molar-refractivity contribution < 1.29 is 14.7 Å². The molecule has 0 aromatic carbocycles. The Labute approximate surface area is 137 Å². The lowest BCUT2D eigenvalue weighted by Gasteiger charge is -2.37. The van der Waals surface area contributed by atoms with Crippen molar-refractivity contribution in [3.8, 4) is 0 Å². The predicted octanol–water partition coefficient (Wildman–Crippen LogP) is 2.14. The van der Waals surface area contributed by atoms with Crippen LogP contribution in [-0.2, 0) is 4.74 Å². The number of aliphatic hydroxyl groups excluding tert-OH is 1. The van der Waals surface area contributed by atoms with Crippen LogP contribution in [0.5, 0.6) is 0 Å². The summed E-state index contributed by atoms with van der Waals surface area (Å²) in [5.74, 6) is 2.93. The van der Waals surface area contributed by atoms with E-state index in [1.807, 2.05) is 0 Å². The van der Waals surface area contributed by atoms with E-state index in [2.05, 4.69) is 27.7 Å². The first-order valence-corrected chi connectivity index (χ1v) is 9.59. The fourth-order valence-electron chi connectivity index (χ4n) is 4.52. The van der Waals surface area contributed by atoms with Gasteiger partial charge in [0.2, 0.25) is 0 Å². The van der Waals surface area contributed by atoms with Crippen LogP contribution < -0.4 is 4.90 Å². The van der Waals surface area contributed by atoms with Crippen molar-refractivity contribution in [3.63, 3.8) is 0 Å². The summed E-state index contributed by atoms with van der Waals surface area (Å²) in [6, 6.07) is 0. The molecule has 0 aromatic rings. The van der Waals surface area contributed by atoms with E-state index in [0.717, 1.165) is 18.4 Å². The first-order chi connectivity index (χ1) is 10.5. The molecule has 1 saturated heterocycles. The van der Waals surface area contributed by atoms with Crippen molar-refractivity contribution in [2.75, 3.05) is 26.2 Å². The van der Waals surface area contributed by atoms with Crippen LogP contribution in [0.1, 0.15) is 59.8 Å². The van der Waals surface area contributed by atoms with Crippen LogP contribution in [0.15, 0.2) is 0 Å².